The van der Waals surface area contributed by atoms with Crippen molar-refractivity contribution in [2.45, 2.75) is 6.92 Å². The summed E-state index contributed by atoms with van der Waals surface area (Å²) >= 11 is 0. The quantitative estimate of drug-likeness (QED) is 0.589. The summed E-state index contributed by atoms with van der Waals surface area (Å²) in [5.74, 6) is 1.17. The molecule has 0 spiro atoms. The summed E-state index contributed by atoms with van der Waals surface area (Å²) in [5.41, 5.74) is 0. The number of nitrogens with zero attached hydrogens (tertiary/aromatic N) is 1. The standard InChI is InChI=1S/C8H15NO3S/c1-2-12-8(10)7-9-3-5-13(11)6-4-9/h2-7H2,1H3. The van der Waals surface area contributed by atoms with Crippen LogP contribution < -0.4 is 0 Å². The number of carbonyl (C=O) groups is 1. The van der Waals surface area contributed by atoms with Crippen LogP contribution in [0.2, 0.25) is 0 Å². The first-order valence-electron chi connectivity index (χ1n) is 4.45. The van der Waals surface area contributed by atoms with Crippen molar-refractivity contribution >= 4 is 16.8 Å². The Labute approximate surface area is 80.7 Å². The molecule has 0 amide bonds. The van der Waals surface area contributed by atoms with Crippen LogP contribution in [0.4, 0.5) is 0 Å². The molecule has 0 N–H and O–H groups in total. The molecule has 0 atom stereocenters. The van der Waals surface area contributed by atoms with E-state index < -0.39 is 10.8 Å². The van der Waals surface area contributed by atoms with E-state index in [2.05, 4.69) is 0 Å². The number of esters is 1. The minimum atomic E-state index is -0.673. The second-order valence-electron chi connectivity index (χ2n) is 2.93. The van der Waals surface area contributed by atoms with Crippen LogP contribution in [0.15, 0.2) is 0 Å². The fourth-order valence-corrected chi connectivity index (χ4v) is 2.35. The van der Waals surface area contributed by atoms with Crippen LogP contribution >= 0.6 is 0 Å². The molecule has 76 valence electrons. The smallest absolute Gasteiger partial charge is 0.320 e. The van der Waals surface area contributed by atoms with Crippen molar-refractivity contribution in [1.29, 1.82) is 0 Å². The summed E-state index contributed by atoms with van der Waals surface area (Å²) in [5, 5.41) is 0. The zero-order valence-corrected chi connectivity index (χ0v) is 8.64. The number of ether oxygens (including phenoxy) is 1. The highest BCUT2D eigenvalue weighted by Crippen LogP contribution is 1.99. The van der Waals surface area contributed by atoms with Crippen LogP contribution in [0, 0.1) is 0 Å². The number of hydrogen-bond donors (Lipinski definition) is 0. The third-order valence-corrected chi connectivity index (χ3v) is 3.20. The first kappa shape index (κ1) is 10.7. The van der Waals surface area contributed by atoms with E-state index in [4.69, 9.17) is 4.74 Å². The lowest BCUT2D eigenvalue weighted by Crippen LogP contribution is -2.41. The van der Waals surface area contributed by atoms with Gasteiger partial charge in [-0.1, -0.05) is 0 Å². The van der Waals surface area contributed by atoms with Gasteiger partial charge in [0.1, 0.15) is 0 Å². The highest BCUT2D eigenvalue weighted by molar-refractivity contribution is 7.85. The Morgan fingerprint density at radius 2 is 2.08 bits per heavy atom. The monoisotopic (exact) mass is 205 g/mol. The molecule has 1 aliphatic heterocycles. The predicted molar refractivity (Wildman–Crippen MR) is 50.9 cm³/mol. The van der Waals surface area contributed by atoms with Gasteiger partial charge in [-0.25, -0.2) is 0 Å². The summed E-state index contributed by atoms with van der Waals surface area (Å²) < 4.78 is 15.8. The molecule has 0 bridgehead atoms. The maximum atomic E-state index is 11.1. The van der Waals surface area contributed by atoms with Gasteiger partial charge >= 0.3 is 5.97 Å². The Morgan fingerprint density at radius 3 is 2.62 bits per heavy atom. The maximum Gasteiger partial charge on any atom is 0.320 e. The molecular weight excluding hydrogens is 190 g/mol. The first-order valence-corrected chi connectivity index (χ1v) is 5.94. The Bertz CT molecular complexity index is 198. The lowest BCUT2D eigenvalue weighted by Gasteiger charge is -2.24. The molecule has 1 heterocycles. The van der Waals surface area contributed by atoms with Gasteiger partial charge in [0.25, 0.3) is 0 Å². The molecule has 0 aliphatic carbocycles. The van der Waals surface area contributed by atoms with E-state index in [1.807, 2.05) is 4.90 Å². The highest BCUT2D eigenvalue weighted by Gasteiger charge is 2.17. The molecule has 0 unspecified atom stereocenters. The molecule has 1 saturated heterocycles. The molecule has 1 aliphatic rings. The van der Waals surface area contributed by atoms with Crippen LogP contribution in [-0.4, -0.2) is 52.8 Å². The van der Waals surface area contributed by atoms with E-state index in [-0.39, 0.29) is 5.97 Å². The van der Waals surface area contributed by atoms with Crippen LogP contribution in [0.3, 0.4) is 0 Å². The Kier molecular flexibility index (Phi) is 4.38. The lowest BCUT2D eigenvalue weighted by atomic mass is 10.4. The largest absolute Gasteiger partial charge is 0.465 e. The van der Waals surface area contributed by atoms with Gasteiger partial charge < -0.3 is 4.74 Å². The van der Waals surface area contributed by atoms with Gasteiger partial charge in [0, 0.05) is 35.4 Å². The number of rotatable bonds is 3. The average molecular weight is 205 g/mol. The van der Waals surface area contributed by atoms with Crippen molar-refractivity contribution in [2.24, 2.45) is 0 Å². The van der Waals surface area contributed by atoms with Crippen molar-refractivity contribution in [2.75, 3.05) is 37.7 Å². The van der Waals surface area contributed by atoms with E-state index in [0.29, 0.717) is 24.7 Å². The molecule has 0 aromatic carbocycles. The van der Waals surface area contributed by atoms with Crippen LogP contribution in [0.25, 0.3) is 0 Å². The fourth-order valence-electron chi connectivity index (χ4n) is 1.22. The molecule has 0 aromatic heterocycles. The van der Waals surface area contributed by atoms with E-state index >= 15 is 0 Å². The minimum Gasteiger partial charge on any atom is -0.465 e. The third kappa shape index (κ3) is 3.87. The van der Waals surface area contributed by atoms with Gasteiger partial charge in [-0.05, 0) is 6.92 Å². The van der Waals surface area contributed by atoms with E-state index in [1.165, 1.54) is 0 Å². The van der Waals surface area contributed by atoms with Crippen molar-refractivity contribution in [3.63, 3.8) is 0 Å². The topological polar surface area (TPSA) is 46.6 Å². The Morgan fingerprint density at radius 1 is 1.46 bits per heavy atom. The van der Waals surface area contributed by atoms with Crippen molar-refractivity contribution in [1.82, 2.24) is 4.90 Å². The highest BCUT2D eigenvalue weighted by atomic mass is 32.2. The zero-order valence-electron chi connectivity index (χ0n) is 7.82. The lowest BCUT2D eigenvalue weighted by molar-refractivity contribution is -0.144. The van der Waals surface area contributed by atoms with Gasteiger partial charge in [-0.15, -0.1) is 0 Å². The summed E-state index contributed by atoms with van der Waals surface area (Å²) in [6, 6.07) is 0. The van der Waals surface area contributed by atoms with Gasteiger partial charge in [-0.3, -0.25) is 13.9 Å². The zero-order chi connectivity index (χ0) is 9.68. The van der Waals surface area contributed by atoms with Crippen molar-refractivity contribution in [3.05, 3.63) is 0 Å². The molecule has 13 heavy (non-hydrogen) atoms. The average Bonchev–Trinajstić information content (AvgIpc) is 2.09. The molecule has 4 nitrogen and oxygen atoms in total. The summed E-state index contributed by atoms with van der Waals surface area (Å²) in [7, 11) is -0.673. The van der Waals surface area contributed by atoms with Gasteiger partial charge in [0.2, 0.25) is 0 Å². The molecular formula is C8H15NO3S. The molecule has 1 rings (SSSR count). The second kappa shape index (κ2) is 5.34. The fraction of sp³-hybridized carbons (Fsp3) is 0.875. The summed E-state index contributed by atoms with van der Waals surface area (Å²) in [6.45, 7) is 4.05. The number of carbonyl (C=O) groups excluding carboxylic acids is 1. The first-order chi connectivity index (χ1) is 6.22. The minimum absolute atomic E-state index is 0.185. The van der Waals surface area contributed by atoms with Crippen LogP contribution in [0.5, 0.6) is 0 Å². The number of hydrogen-bond acceptors (Lipinski definition) is 4. The Balaban J connectivity index is 2.22. The normalized spacial score (nSPS) is 20.1. The SMILES string of the molecule is CCOC(=O)CN1CCS(=O)CC1. The molecule has 0 aromatic rings. The molecule has 0 saturated carbocycles. The molecule has 5 heteroatoms. The van der Waals surface area contributed by atoms with Gasteiger partial charge in [-0.2, -0.15) is 0 Å². The summed E-state index contributed by atoms with van der Waals surface area (Å²) in [6.07, 6.45) is 0. The maximum absolute atomic E-state index is 11.1. The predicted octanol–water partition coefficient (Wildman–Crippen LogP) is -0.386. The van der Waals surface area contributed by atoms with E-state index in [1.54, 1.807) is 6.92 Å². The summed E-state index contributed by atoms with van der Waals surface area (Å²) in [4.78, 5) is 13.0. The molecule has 1 fully saturated rings. The van der Waals surface area contributed by atoms with E-state index in [9.17, 15) is 9.00 Å². The van der Waals surface area contributed by atoms with Crippen LogP contribution in [-0.2, 0) is 20.3 Å². The van der Waals surface area contributed by atoms with Gasteiger partial charge in [0.15, 0.2) is 0 Å². The van der Waals surface area contributed by atoms with Crippen LogP contribution in [0.1, 0.15) is 6.92 Å². The van der Waals surface area contributed by atoms with Crippen molar-refractivity contribution in [3.8, 4) is 0 Å². The van der Waals surface area contributed by atoms with Crippen molar-refractivity contribution < 1.29 is 13.7 Å². The van der Waals surface area contributed by atoms with Gasteiger partial charge in [0.05, 0.1) is 13.2 Å². The Hall–Kier alpha value is -0.420. The second-order valence-corrected chi connectivity index (χ2v) is 4.63. The molecule has 0 radical (unpaired) electrons. The third-order valence-electron chi connectivity index (χ3n) is 1.93. The van der Waals surface area contributed by atoms with E-state index in [0.717, 1.165) is 13.1 Å².